The van der Waals surface area contributed by atoms with E-state index in [1.807, 2.05) is 58.0 Å². The lowest BCUT2D eigenvalue weighted by molar-refractivity contribution is -0.129. The van der Waals surface area contributed by atoms with Crippen LogP contribution < -0.4 is 5.32 Å². The van der Waals surface area contributed by atoms with Crippen LogP contribution in [0.4, 0.5) is 0 Å². The number of hydrogen-bond donors (Lipinski definition) is 1. The fourth-order valence-corrected chi connectivity index (χ4v) is 3.05. The Kier molecular flexibility index (Phi) is 6.50. The molecule has 0 radical (unpaired) electrons. The molecule has 2 heterocycles. The fraction of sp³-hybridized carbons (Fsp3) is 0.391. The van der Waals surface area contributed by atoms with Crippen LogP contribution in [-0.2, 0) is 9.53 Å². The normalized spacial score (nSPS) is 12.4. The molecule has 7 nitrogen and oxygen atoms in total. The molecule has 0 spiro atoms. The van der Waals surface area contributed by atoms with E-state index in [0.717, 1.165) is 5.56 Å². The molecule has 1 atom stereocenters. The maximum Gasteiger partial charge on any atom is 0.339 e. The summed E-state index contributed by atoms with van der Waals surface area (Å²) < 4.78 is 7.26. The first-order valence-corrected chi connectivity index (χ1v) is 10.2. The topological polar surface area (TPSA) is 86.1 Å². The number of carbonyl (C=O) groups excluding carboxylic acids is 2. The monoisotopic (exact) mass is 408 g/mol. The summed E-state index contributed by atoms with van der Waals surface area (Å²) in [4.78, 5) is 30.0. The average molecular weight is 409 g/mol. The molecular formula is C23H28N4O3. The van der Waals surface area contributed by atoms with Crippen LogP contribution in [0, 0.1) is 5.92 Å². The van der Waals surface area contributed by atoms with E-state index in [0.29, 0.717) is 34.8 Å². The maximum atomic E-state index is 13.0. The van der Waals surface area contributed by atoms with Crippen molar-refractivity contribution in [3.05, 3.63) is 48.2 Å². The van der Waals surface area contributed by atoms with Gasteiger partial charge in [0.2, 0.25) is 0 Å². The molecule has 0 unspecified atom stereocenters. The maximum absolute atomic E-state index is 13.0. The molecule has 7 heteroatoms. The minimum atomic E-state index is -0.903. The van der Waals surface area contributed by atoms with E-state index in [9.17, 15) is 9.59 Å². The van der Waals surface area contributed by atoms with Gasteiger partial charge in [-0.1, -0.05) is 44.2 Å². The Hall–Kier alpha value is -3.22. The molecule has 0 saturated heterocycles. The smallest absolute Gasteiger partial charge is 0.339 e. The third-order valence-electron chi connectivity index (χ3n) is 4.68. The van der Waals surface area contributed by atoms with Crippen molar-refractivity contribution in [3.8, 4) is 11.3 Å². The first-order valence-electron chi connectivity index (χ1n) is 10.2. The van der Waals surface area contributed by atoms with Gasteiger partial charge < -0.3 is 10.1 Å². The number of aromatic nitrogens is 3. The summed E-state index contributed by atoms with van der Waals surface area (Å²) in [6, 6.07) is 11.4. The van der Waals surface area contributed by atoms with Gasteiger partial charge in [-0.25, -0.2) is 14.5 Å². The number of nitrogens with one attached hydrogen (secondary N) is 1. The zero-order valence-electron chi connectivity index (χ0n) is 18.0. The number of ether oxygens (including phenoxy) is 1. The molecule has 3 rings (SSSR count). The van der Waals surface area contributed by atoms with Gasteiger partial charge in [0.15, 0.2) is 11.8 Å². The summed E-state index contributed by atoms with van der Waals surface area (Å²) in [7, 11) is 0. The van der Waals surface area contributed by atoms with E-state index >= 15 is 0 Å². The molecule has 0 bridgehead atoms. The number of benzene rings is 1. The van der Waals surface area contributed by atoms with E-state index in [1.165, 1.54) is 0 Å². The van der Waals surface area contributed by atoms with Gasteiger partial charge in [0.25, 0.3) is 5.91 Å². The molecule has 158 valence electrons. The Balaban J connectivity index is 1.97. The Morgan fingerprint density at radius 1 is 1.10 bits per heavy atom. The highest BCUT2D eigenvalue weighted by atomic mass is 16.5. The highest BCUT2D eigenvalue weighted by molar-refractivity contribution is 6.04. The molecule has 0 saturated carbocycles. The second-order valence-corrected chi connectivity index (χ2v) is 8.03. The Bertz CT molecular complexity index is 1040. The van der Waals surface area contributed by atoms with Crippen molar-refractivity contribution in [3.63, 3.8) is 0 Å². The summed E-state index contributed by atoms with van der Waals surface area (Å²) >= 11 is 0. The predicted molar refractivity (Wildman–Crippen MR) is 116 cm³/mol. The van der Waals surface area contributed by atoms with Crippen molar-refractivity contribution in [1.82, 2.24) is 20.1 Å². The van der Waals surface area contributed by atoms with Gasteiger partial charge in [-0.2, -0.15) is 5.10 Å². The Labute approximate surface area is 176 Å². The summed E-state index contributed by atoms with van der Waals surface area (Å²) in [6.07, 6.45) is 0.719. The minimum absolute atomic E-state index is 0.0747. The highest BCUT2D eigenvalue weighted by Gasteiger charge is 2.23. The molecule has 2 aromatic heterocycles. The number of rotatable bonds is 7. The van der Waals surface area contributed by atoms with E-state index < -0.39 is 12.1 Å². The first kappa shape index (κ1) is 21.5. The molecule has 1 aromatic carbocycles. The lowest BCUT2D eigenvalue weighted by Gasteiger charge is -2.15. The minimum Gasteiger partial charge on any atom is -0.449 e. The van der Waals surface area contributed by atoms with Crippen LogP contribution in [0.1, 0.15) is 51.0 Å². The predicted octanol–water partition coefficient (Wildman–Crippen LogP) is 4.00. The number of hydrogen-bond acceptors (Lipinski definition) is 5. The lowest BCUT2D eigenvalue weighted by Crippen LogP contribution is -2.37. The summed E-state index contributed by atoms with van der Waals surface area (Å²) in [5.41, 5.74) is 2.48. The molecule has 1 N–H and O–H groups in total. The molecular weight excluding hydrogens is 380 g/mol. The number of carbonyl (C=O) groups is 2. The first-order chi connectivity index (χ1) is 14.3. The standard InChI is InChI=1S/C23H28N4O3/c1-14(2)12-24-22(28)16(5)30-23(29)18-11-20(17-9-7-6-8-10-17)26-21-19(18)13-25-27(21)15(3)4/h6-11,13-16H,12H2,1-5H3,(H,24,28)/t16-/m1/s1. The number of esters is 1. The van der Waals surface area contributed by atoms with E-state index in [4.69, 9.17) is 9.72 Å². The summed E-state index contributed by atoms with van der Waals surface area (Å²) in [6.45, 7) is 10.1. The number of pyridine rings is 1. The van der Waals surface area contributed by atoms with Crippen molar-refractivity contribution in [2.45, 2.75) is 46.8 Å². The molecule has 3 aromatic rings. The van der Waals surface area contributed by atoms with Crippen molar-refractivity contribution < 1.29 is 14.3 Å². The van der Waals surface area contributed by atoms with E-state index in [1.54, 1.807) is 23.9 Å². The second-order valence-electron chi connectivity index (χ2n) is 8.03. The lowest BCUT2D eigenvalue weighted by atomic mass is 10.1. The SMILES string of the molecule is CC(C)CNC(=O)[C@@H](C)OC(=O)c1cc(-c2ccccc2)nc2c1cnn2C(C)C. The van der Waals surface area contributed by atoms with Crippen molar-refractivity contribution >= 4 is 22.9 Å². The summed E-state index contributed by atoms with van der Waals surface area (Å²) in [5, 5.41) is 7.79. The zero-order chi connectivity index (χ0) is 21.8. The Morgan fingerprint density at radius 3 is 2.43 bits per heavy atom. The Morgan fingerprint density at radius 2 is 1.80 bits per heavy atom. The number of fused-ring (bicyclic) bond motifs is 1. The number of amides is 1. The van der Waals surface area contributed by atoms with Gasteiger partial charge in [-0.05, 0) is 32.8 Å². The van der Waals surface area contributed by atoms with Crippen LogP contribution in [0.25, 0.3) is 22.3 Å². The molecule has 0 aliphatic carbocycles. The number of nitrogens with zero attached hydrogens (tertiary/aromatic N) is 3. The summed E-state index contributed by atoms with van der Waals surface area (Å²) in [5.74, 6) is -0.578. The molecule has 0 fully saturated rings. The molecule has 0 aliphatic heterocycles. The average Bonchev–Trinajstić information content (AvgIpc) is 3.16. The largest absolute Gasteiger partial charge is 0.449 e. The van der Waals surface area contributed by atoms with Crippen LogP contribution in [0.5, 0.6) is 0 Å². The van der Waals surface area contributed by atoms with Crippen LogP contribution in [0.3, 0.4) is 0 Å². The van der Waals surface area contributed by atoms with E-state index in [2.05, 4.69) is 10.4 Å². The molecule has 30 heavy (non-hydrogen) atoms. The third kappa shape index (κ3) is 4.67. The van der Waals surface area contributed by atoms with Crippen molar-refractivity contribution in [1.29, 1.82) is 0 Å². The van der Waals surface area contributed by atoms with Crippen LogP contribution in [0.2, 0.25) is 0 Å². The van der Waals surface area contributed by atoms with Gasteiger partial charge in [0.05, 0.1) is 22.8 Å². The van der Waals surface area contributed by atoms with Gasteiger partial charge in [-0.15, -0.1) is 0 Å². The van der Waals surface area contributed by atoms with Gasteiger partial charge in [0.1, 0.15) is 0 Å². The zero-order valence-corrected chi connectivity index (χ0v) is 18.0. The van der Waals surface area contributed by atoms with Gasteiger partial charge >= 0.3 is 5.97 Å². The van der Waals surface area contributed by atoms with Crippen LogP contribution in [0.15, 0.2) is 42.6 Å². The van der Waals surface area contributed by atoms with Crippen LogP contribution in [-0.4, -0.2) is 39.3 Å². The van der Waals surface area contributed by atoms with Gasteiger partial charge in [0, 0.05) is 18.2 Å². The third-order valence-corrected chi connectivity index (χ3v) is 4.68. The molecule has 1 amide bonds. The van der Waals surface area contributed by atoms with Gasteiger partial charge in [-0.3, -0.25) is 4.79 Å². The highest BCUT2D eigenvalue weighted by Crippen LogP contribution is 2.27. The second kappa shape index (κ2) is 9.07. The van der Waals surface area contributed by atoms with Crippen molar-refractivity contribution in [2.24, 2.45) is 5.92 Å². The van der Waals surface area contributed by atoms with Crippen LogP contribution >= 0.6 is 0 Å². The molecule has 0 aliphatic rings. The van der Waals surface area contributed by atoms with E-state index in [-0.39, 0.29) is 11.9 Å². The fourth-order valence-electron chi connectivity index (χ4n) is 3.05. The quantitative estimate of drug-likeness (QED) is 0.597. The van der Waals surface area contributed by atoms with Crippen molar-refractivity contribution in [2.75, 3.05) is 6.54 Å².